The molecule has 0 spiro atoms. The summed E-state index contributed by atoms with van der Waals surface area (Å²) in [4.78, 5) is 15.7. The van der Waals surface area contributed by atoms with Crippen LogP contribution in [0.15, 0.2) is 22.6 Å². The number of rotatable bonds is 2. The van der Waals surface area contributed by atoms with Crippen LogP contribution in [0.1, 0.15) is 30.7 Å². The number of hydrogen-bond acceptors (Lipinski definition) is 3. The molecule has 0 aliphatic heterocycles. The first-order chi connectivity index (χ1) is 9.10. The number of aromatic nitrogens is 1. The van der Waals surface area contributed by atoms with Gasteiger partial charge in [0, 0.05) is 0 Å². The molecule has 0 saturated heterocycles. The van der Waals surface area contributed by atoms with E-state index in [1.165, 1.54) is 0 Å². The topological polar surface area (TPSA) is 63.3 Å². The van der Waals surface area contributed by atoms with Gasteiger partial charge in [0.15, 0.2) is 5.58 Å². The highest BCUT2D eigenvalue weighted by Gasteiger charge is 2.65. The SMILES string of the molecule is Cc1ccc2nc(C34CCC3C(C(=O)O)C4)oc2c1. The van der Waals surface area contributed by atoms with Crippen molar-refractivity contribution in [1.29, 1.82) is 0 Å². The van der Waals surface area contributed by atoms with Crippen molar-refractivity contribution in [3.05, 3.63) is 29.7 Å². The van der Waals surface area contributed by atoms with Gasteiger partial charge in [0.25, 0.3) is 0 Å². The largest absolute Gasteiger partial charge is 0.481 e. The summed E-state index contributed by atoms with van der Waals surface area (Å²) in [6.07, 6.45) is 2.67. The van der Waals surface area contributed by atoms with Crippen molar-refractivity contribution in [2.45, 2.75) is 31.6 Å². The second-order valence-corrected chi connectivity index (χ2v) is 5.94. The van der Waals surface area contributed by atoms with Crippen LogP contribution >= 0.6 is 0 Å². The van der Waals surface area contributed by atoms with Gasteiger partial charge in [0.1, 0.15) is 5.52 Å². The lowest BCUT2D eigenvalue weighted by Gasteiger charge is -2.59. The molecule has 4 rings (SSSR count). The molecule has 1 aromatic carbocycles. The summed E-state index contributed by atoms with van der Waals surface area (Å²) in [6, 6.07) is 5.98. The minimum Gasteiger partial charge on any atom is -0.481 e. The molecule has 3 unspecified atom stereocenters. The fraction of sp³-hybridized carbons (Fsp3) is 0.467. The fourth-order valence-corrected chi connectivity index (χ4v) is 3.73. The molecule has 2 saturated carbocycles. The Morgan fingerprint density at radius 1 is 1.53 bits per heavy atom. The molecular weight excluding hydrogens is 242 g/mol. The molecule has 0 bridgehead atoms. The van der Waals surface area contributed by atoms with Gasteiger partial charge in [-0.05, 0) is 49.8 Å². The summed E-state index contributed by atoms with van der Waals surface area (Å²) in [5, 5.41) is 9.14. The summed E-state index contributed by atoms with van der Waals surface area (Å²) >= 11 is 0. The van der Waals surface area contributed by atoms with E-state index in [-0.39, 0.29) is 17.3 Å². The first-order valence-electron chi connectivity index (χ1n) is 6.71. The molecule has 1 aromatic heterocycles. The van der Waals surface area contributed by atoms with Gasteiger partial charge in [0.2, 0.25) is 5.89 Å². The molecule has 4 heteroatoms. The Bertz CT molecular complexity index is 690. The number of aliphatic carboxylic acids is 1. The van der Waals surface area contributed by atoms with Crippen LogP contribution < -0.4 is 0 Å². The predicted octanol–water partition coefficient (Wildman–Crippen LogP) is 2.89. The monoisotopic (exact) mass is 257 g/mol. The minimum atomic E-state index is -0.674. The number of oxazole rings is 1. The van der Waals surface area contributed by atoms with Crippen molar-refractivity contribution >= 4 is 17.1 Å². The summed E-state index contributed by atoms with van der Waals surface area (Å²) in [6.45, 7) is 2.02. The van der Waals surface area contributed by atoms with Crippen molar-refractivity contribution < 1.29 is 14.3 Å². The van der Waals surface area contributed by atoms with Gasteiger partial charge in [-0.25, -0.2) is 4.98 Å². The van der Waals surface area contributed by atoms with Crippen LogP contribution in [0.2, 0.25) is 0 Å². The molecule has 1 heterocycles. The van der Waals surface area contributed by atoms with Crippen molar-refractivity contribution in [1.82, 2.24) is 4.98 Å². The second-order valence-electron chi connectivity index (χ2n) is 5.94. The molecule has 0 amide bonds. The first kappa shape index (κ1) is 11.0. The van der Waals surface area contributed by atoms with Crippen LogP contribution in [0.5, 0.6) is 0 Å². The van der Waals surface area contributed by atoms with Crippen LogP contribution in [0.3, 0.4) is 0 Å². The van der Waals surface area contributed by atoms with E-state index in [4.69, 9.17) is 9.52 Å². The maximum atomic E-state index is 11.1. The van der Waals surface area contributed by atoms with Gasteiger partial charge in [0.05, 0.1) is 11.3 Å². The van der Waals surface area contributed by atoms with Crippen molar-refractivity contribution in [3.63, 3.8) is 0 Å². The van der Waals surface area contributed by atoms with Crippen molar-refractivity contribution in [2.24, 2.45) is 11.8 Å². The van der Waals surface area contributed by atoms with E-state index < -0.39 is 5.97 Å². The molecule has 98 valence electrons. The third kappa shape index (κ3) is 1.29. The highest BCUT2D eigenvalue weighted by atomic mass is 16.4. The number of carbonyl (C=O) groups is 1. The number of carboxylic acid groups (broad SMARTS) is 1. The summed E-state index contributed by atoms with van der Waals surface area (Å²) < 4.78 is 5.90. The van der Waals surface area contributed by atoms with Crippen LogP contribution in [-0.2, 0) is 10.2 Å². The minimum absolute atomic E-state index is 0.0873. The average Bonchev–Trinajstić information content (AvgIpc) is 2.74. The predicted molar refractivity (Wildman–Crippen MR) is 68.9 cm³/mol. The van der Waals surface area contributed by atoms with Crippen LogP contribution in [0, 0.1) is 18.8 Å². The number of fused-ring (bicyclic) bond motifs is 2. The van der Waals surface area contributed by atoms with Crippen LogP contribution in [0.4, 0.5) is 0 Å². The van der Waals surface area contributed by atoms with Crippen molar-refractivity contribution in [2.75, 3.05) is 0 Å². The third-order valence-corrected chi connectivity index (χ3v) is 4.97. The molecular formula is C15H15NO3. The summed E-state index contributed by atoms with van der Waals surface area (Å²) in [5.41, 5.74) is 2.75. The summed E-state index contributed by atoms with van der Waals surface area (Å²) in [7, 11) is 0. The fourth-order valence-electron chi connectivity index (χ4n) is 3.73. The lowest BCUT2D eigenvalue weighted by atomic mass is 9.42. The molecule has 0 radical (unpaired) electrons. The highest BCUT2D eigenvalue weighted by molar-refractivity contribution is 5.75. The van der Waals surface area contributed by atoms with E-state index in [2.05, 4.69) is 4.98 Å². The summed E-state index contributed by atoms with van der Waals surface area (Å²) in [5.74, 6) is 0.0961. The van der Waals surface area contributed by atoms with E-state index in [9.17, 15) is 4.79 Å². The Morgan fingerprint density at radius 2 is 2.37 bits per heavy atom. The average molecular weight is 257 g/mol. The molecule has 2 aromatic rings. The van der Waals surface area contributed by atoms with Gasteiger partial charge in [-0.1, -0.05) is 6.07 Å². The van der Waals surface area contributed by atoms with Gasteiger partial charge in [-0.15, -0.1) is 0 Å². The molecule has 19 heavy (non-hydrogen) atoms. The van der Waals surface area contributed by atoms with Gasteiger partial charge >= 0.3 is 5.97 Å². The lowest BCUT2D eigenvalue weighted by Crippen LogP contribution is -2.61. The molecule has 1 N–H and O–H groups in total. The number of hydrogen-bond donors (Lipinski definition) is 1. The molecule has 2 aliphatic rings. The zero-order chi connectivity index (χ0) is 13.2. The first-order valence-corrected chi connectivity index (χ1v) is 6.71. The van der Waals surface area contributed by atoms with Crippen LogP contribution in [-0.4, -0.2) is 16.1 Å². The van der Waals surface area contributed by atoms with E-state index in [0.29, 0.717) is 6.42 Å². The number of nitrogens with zero attached hydrogens (tertiary/aromatic N) is 1. The lowest BCUT2D eigenvalue weighted by molar-refractivity contribution is -0.165. The zero-order valence-electron chi connectivity index (χ0n) is 10.7. The standard InChI is InChI=1S/C15H15NO3/c1-8-2-3-11-12(6-8)19-14(16-11)15-5-4-10(15)9(7-15)13(17)18/h2-3,6,9-10H,4-5,7H2,1H3,(H,17,18). The van der Waals surface area contributed by atoms with Crippen molar-refractivity contribution in [3.8, 4) is 0 Å². The quantitative estimate of drug-likeness (QED) is 0.898. The van der Waals surface area contributed by atoms with Crippen LogP contribution in [0.25, 0.3) is 11.1 Å². The number of benzene rings is 1. The molecule has 2 fully saturated rings. The smallest absolute Gasteiger partial charge is 0.306 e. The van der Waals surface area contributed by atoms with E-state index >= 15 is 0 Å². The Balaban J connectivity index is 1.74. The normalized spacial score (nSPS) is 32.5. The Hall–Kier alpha value is -1.84. The Kier molecular flexibility index (Phi) is 1.96. The van der Waals surface area contributed by atoms with E-state index in [0.717, 1.165) is 35.4 Å². The van der Waals surface area contributed by atoms with E-state index in [1.807, 2.05) is 25.1 Å². The number of aryl methyl sites for hydroxylation is 1. The number of carboxylic acids is 1. The Labute approximate surface area is 110 Å². The molecule has 4 nitrogen and oxygen atoms in total. The second kappa shape index (κ2) is 3.38. The Morgan fingerprint density at radius 3 is 3.00 bits per heavy atom. The molecule has 3 atom stereocenters. The van der Waals surface area contributed by atoms with E-state index in [1.54, 1.807) is 0 Å². The van der Waals surface area contributed by atoms with Gasteiger partial charge < -0.3 is 9.52 Å². The maximum absolute atomic E-state index is 11.1. The third-order valence-electron chi connectivity index (χ3n) is 4.97. The zero-order valence-corrected chi connectivity index (χ0v) is 10.7. The van der Waals surface area contributed by atoms with Gasteiger partial charge in [-0.2, -0.15) is 0 Å². The maximum Gasteiger partial charge on any atom is 0.306 e. The van der Waals surface area contributed by atoms with Gasteiger partial charge in [-0.3, -0.25) is 4.79 Å². The molecule has 2 aliphatic carbocycles. The highest BCUT2D eigenvalue weighted by Crippen LogP contribution is 2.65.